The van der Waals surface area contributed by atoms with Gasteiger partial charge in [0.15, 0.2) is 0 Å². The van der Waals surface area contributed by atoms with Crippen LogP contribution in [0.2, 0.25) is 0 Å². The summed E-state index contributed by atoms with van der Waals surface area (Å²) in [6.45, 7) is 3.70. The van der Waals surface area contributed by atoms with Crippen molar-refractivity contribution >= 4 is 5.84 Å². The van der Waals surface area contributed by atoms with Gasteiger partial charge >= 0.3 is 0 Å². The number of hydrogen-bond acceptors (Lipinski definition) is 4. The third-order valence-corrected chi connectivity index (χ3v) is 4.57. The molecule has 3 N–H and O–H groups in total. The Morgan fingerprint density at radius 1 is 1.47 bits per heavy atom. The predicted molar refractivity (Wildman–Crippen MR) is 75.4 cm³/mol. The van der Waals surface area contributed by atoms with Crippen molar-refractivity contribution in [3.63, 3.8) is 0 Å². The number of nitrogens with zero attached hydrogens (tertiary/aromatic N) is 2. The summed E-state index contributed by atoms with van der Waals surface area (Å²) >= 11 is 0. The van der Waals surface area contributed by atoms with Crippen LogP contribution in [0.25, 0.3) is 0 Å². The molecule has 0 aromatic carbocycles. The Labute approximate surface area is 115 Å². The molecule has 1 saturated carbocycles. The maximum Gasteiger partial charge on any atom is 0.143 e. The van der Waals surface area contributed by atoms with Crippen LogP contribution < -0.4 is 5.73 Å². The highest BCUT2D eigenvalue weighted by Gasteiger charge is 2.42. The van der Waals surface area contributed by atoms with Gasteiger partial charge in [0.1, 0.15) is 5.84 Å². The Morgan fingerprint density at radius 2 is 2.16 bits per heavy atom. The van der Waals surface area contributed by atoms with Gasteiger partial charge in [-0.05, 0) is 32.7 Å². The van der Waals surface area contributed by atoms with Gasteiger partial charge in [-0.1, -0.05) is 24.9 Å². The Balaban J connectivity index is 1.76. The van der Waals surface area contributed by atoms with Gasteiger partial charge in [-0.15, -0.1) is 0 Å². The molecule has 5 heteroatoms. The van der Waals surface area contributed by atoms with Crippen molar-refractivity contribution in [1.82, 2.24) is 4.90 Å². The van der Waals surface area contributed by atoms with Crippen molar-refractivity contribution < 1.29 is 9.94 Å². The second kappa shape index (κ2) is 6.09. The molecule has 2 rings (SSSR count). The molecule has 2 fully saturated rings. The van der Waals surface area contributed by atoms with Crippen LogP contribution in [0.1, 0.15) is 45.4 Å². The van der Waals surface area contributed by atoms with Crippen molar-refractivity contribution in [2.45, 2.75) is 57.2 Å². The molecule has 5 nitrogen and oxygen atoms in total. The van der Waals surface area contributed by atoms with Gasteiger partial charge in [0.25, 0.3) is 0 Å². The molecule has 2 aliphatic rings. The van der Waals surface area contributed by atoms with Crippen LogP contribution in [0.5, 0.6) is 0 Å². The second-order valence-corrected chi connectivity index (χ2v) is 6.32. The molecular formula is C14H27N3O2. The molecule has 0 radical (unpaired) electrons. The number of rotatable bonds is 5. The van der Waals surface area contributed by atoms with E-state index in [9.17, 15) is 0 Å². The summed E-state index contributed by atoms with van der Waals surface area (Å²) in [7, 11) is 2.07. The summed E-state index contributed by atoms with van der Waals surface area (Å²) < 4.78 is 6.30. The summed E-state index contributed by atoms with van der Waals surface area (Å²) in [5.41, 5.74) is 5.82. The first-order valence-electron chi connectivity index (χ1n) is 7.38. The first-order valence-corrected chi connectivity index (χ1v) is 7.38. The fourth-order valence-electron chi connectivity index (χ4n) is 3.49. The maximum atomic E-state index is 8.66. The summed E-state index contributed by atoms with van der Waals surface area (Å²) in [6, 6.07) is 0. The van der Waals surface area contributed by atoms with E-state index in [0.29, 0.717) is 11.9 Å². The standard InChI is InChI=1S/C14H27N3O2/c1-11(13(15)16-18)9-17(2)10-12-5-8-14(19-12)6-3-4-7-14/h11-12,18H,3-10H2,1-2H3,(H2,15,16). The Hall–Kier alpha value is -0.810. The van der Waals surface area contributed by atoms with E-state index < -0.39 is 0 Å². The monoisotopic (exact) mass is 269 g/mol. The van der Waals surface area contributed by atoms with Crippen LogP contribution >= 0.6 is 0 Å². The minimum Gasteiger partial charge on any atom is -0.409 e. The van der Waals surface area contributed by atoms with E-state index in [0.717, 1.165) is 13.1 Å². The maximum absolute atomic E-state index is 8.66. The van der Waals surface area contributed by atoms with Crippen molar-refractivity contribution in [3.8, 4) is 0 Å². The van der Waals surface area contributed by atoms with E-state index in [1.54, 1.807) is 0 Å². The molecule has 1 spiro atoms. The van der Waals surface area contributed by atoms with Crippen molar-refractivity contribution in [2.24, 2.45) is 16.8 Å². The number of nitrogens with two attached hydrogens (primary N) is 1. The average Bonchev–Trinajstić information content (AvgIpc) is 2.99. The number of hydrogen-bond donors (Lipinski definition) is 2. The second-order valence-electron chi connectivity index (χ2n) is 6.32. The molecule has 2 unspecified atom stereocenters. The van der Waals surface area contributed by atoms with E-state index in [-0.39, 0.29) is 11.5 Å². The molecule has 0 aromatic heterocycles. The van der Waals surface area contributed by atoms with Crippen LogP contribution in [-0.2, 0) is 4.74 Å². The molecule has 19 heavy (non-hydrogen) atoms. The highest BCUT2D eigenvalue weighted by molar-refractivity contribution is 5.82. The third-order valence-electron chi connectivity index (χ3n) is 4.57. The van der Waals surface area contributed by atoms with Gasteiger partial charge in [-0.3, -0.25) is 0 Å². The lowest BCUT2D eigenvalue weighted by atomic mass is 9.98. The number of oxime groups is 1. The lowest BCUT2D eigenvalue weighted by molar-refractivity contribution is -0.0454. The van der Waals surface area contributed by atoms with E-state index in [1.807, 2.05) is 6.92 Å². The van der Waals surface area contributed by atoms with Gasteiger partial charge in [0.05, 0.1) is 11.7 Å². The van der Waals surface area contributed by atoms with E-state index in [2.05, 4.69) is 17.1 Å². The van der Waals surface area contributed by atoms with Crippen molar-refractivity contribution in [3.05, 3.63) is 0 Å². The Bertz CT molecular complexity index is 327. The molecule has 1 saturated heterocycles. The van der Waals surface area contributed by atoms with Crippen LogP contribution in [-0.4, -0.2) is 47.8 Å². The number of amidine groups is 1. The zero-order chi connectivity index (χ0) is 13.9. The van der Waals surface area contributed by atoms with Gasteiger partial charge in [0, 0.05) is 19.0 Å². The molecule has 0 aromatic rings. The van der Waals surface area contributed by atoms with Gasteiger partial charge in [-0.2, -0.15) is 0 Å². The summed E-state index contributed by atoms with van der Waals surface area (Å²) in [6.07, 6.45) is 7.87. The molecule has 2 atom stereocenters. The zero-order valence-electron chi connectivity index (χ0n) is 12.1. The zero-order valence-corrected chi connectivity index (χ0v) is 12.1. The normalized spacial score (nSPS) is 28.4. The smallest absolute Gasteiger partial charge is 0.143 e. The fourth-order valence-corrected chi connectivity index (χ4v) is 3.49. The van der Waals surface area contributed by atoms with Crippen molar-refractivity contribution in [1.29, 1.82) is 0 Å². The van der Waals surface area contributed by atoms with Gasteiger partial charge < -0.3 is 20.6 Å². The van der Waals surface area contributed by atoms with E-state index in [4.69, 9.17) is 15.7 Å². The SMILES string of the molecule is CC(CN(C)CC1CCC2(CCCC2)O1)C(N)=NO. The van der Waals surface area contributed by atoms with Crippen LogP contribution in [0.3, 0.4) is 0 Å². The van der Waals surface area contributed by atoms with Crippen LogP contribution in [0, 0.1) is 5.92 Å². The average molecular weight is 269 g/mol. The fraction of sp³-hybridized carbons (Fsp3) is 0.929. The van der Waals surface area contributed by atoms with Crippen LogP contribution in [0.15, 0.2) is 5.16 Å². The Kier molecular flexibility index (Phi) is 4.68. The van der Waals surface area contributed by atoms with Crippen molar-refractivity contribution in [2.75, 3.05) is 20.1 Å². The van der Waals surface area contributed by atoms with E-state index >= 15 is 0 Å². The summed E-state index contributed by atoms with van der Waals surface area (Å²) in [5, 5.41) is 11.7. The van der Waals surface area contributed by atoms with Gasteiger partial charge in [-0.25, -0.2) is 0 Å². The highest BCUT2D eigenvalue weighted by atomic mass is 16.5. The molecular weight excluding hydrogens is 242 g/mol. The van der Waals surface area contributed by atoms with E-state index in [1.165, 1.54) is 38.5 Å². The highest BCUT2D eigenvalue weighted by Crippen LogP contribution is 2.43. The third kappa shape index (κ3) is 3.60. The molecule has 0 bridgehead atoms. The molecule has 1 aliphatic heterocycles. The topological polar surface area (TPSA) is 71.1 Å². The first kappa shape index (κ1) is 14.6. The molecule has 1 heterocycles. The molecule has 110 valence electrons. The lowest BCUT2D eigenvalue weighted by Crippen LogP contribution is -2.37. The van der Waals surface area contributed by atoms with Crippen LogP contribution in [0.4, 0.5) is 0 Å². The number of ether oxygens (including phenoxy) is 1. The minimum atomic E-state index is 0.0665. The minimum absolute atomic E-state index is 0.0665. The molecule has 0 amide bonds. The quantitative estimate of drug-likeness (QED) is 0.345. The van der Waals surface area contributed by atoms with Gasteiger partial charge in [0.2, 0.25) is 0 Å². The first-order chi connectivity index (χ1) is 9.04. The Morgan fingerprint density at radius 3 is 2.79 bits per heavy atom. The lowest BCUT2D eigenvalue weighted by Gasteiger charge is -2.27. The molecule has 1 aliphatic carbocycles. The largest absolute Gasteiger partial charge is 0.409 e. The summed E-state index contributed by atoms with van der Waals surface area (Å²) in [5.74, 6) is 0.364. The number of likely N-dealkylation sites (N-methyl/N-ethyl adjacent to an activating group) is 1. The predicted octanol–water partition coefficient (Wildman–Crippen LogP) is 1.79. The summed E-state index contributed by atoms with van der Waals surface area (Å²) in [4.78, 5) is 2.22.